The summed E-state index contributed by atoms with van der Waals surface area (Å²) in [5.74, 6) is 0.698. The van der Waals surface area contributed by atoms with Gasteiger partial charge in [0.05, 0.1) is 0 Å². The molecular formula is C9H20Cl2Si. The van der Waals surface area contributed by atoms with Crippen molar-refractivity contribution in [2.45, 2.75) is 52.1 Å². The summed E-state index contributed by atoms with van der Waals surface area (Å²) in [6.45, 7) is 4.75. The van der Waals surface area contributed by atoms with Gasteiger partial charge in [0, 0.05) is 0 Å². The number of halogens is 2. The molecule has 0 N–H and O–H groups in total. The van der Waals surface area contributed by atoms with Gasteiger partial charge in [-0.05, 0) is 18.0 Å². The van der Waals surface area contributed by atoms with Crippen LogP contribution in [0.2, 0.25) is 12.1 Å². The molecule has 0 spiro atoms. The molecule has 74 valence electrons. The summed E-state index contributed by atoms with van der Waals surface area (Å²) in [6, 6.07) is 2.13. The van der Waals surface area contributed by atoms with Gasteiger partial charge in [0.1, 0.15) is 0 Å². The highest BCUT2D eigenvalue weighted by Gasteiger charge is 2.28. The van der Waals surface area contributed by atoms with Crippen LogP contribution in [0.3, 0.4) is 0 Å². The first-order valence-corrected chi connectivity index (χ1v) is 9.33. The molecule has 0 aromatic rings. The molecule has 0 aromatic carbocycles. The van der Waals surface area contributed by atoms with Crippen molar-refractivity contribution in [2.75, 3.05) is 0 Å². The van der Waals surface area contributed by atoms with Crippen molar-refractivity contribution in [1.82, 2.24) is 0 Å². The molecule has 0 heterocycles. The first-order valence-electron chi connectivity index (χ1n) is 4.89. The number of rotatable bonds is 6. The van der Waals surface area contributed by atoms with Crippen molar-refractivity contribution in [3.63, 3.8) is 0 Å². The summed E-state index contributed by atoms with van der Waals surface area (Å²) in [4.78, 5) is 0. The Morgan fingerprint density at radius 1 is 1.25 bits per heavy atom. The lowest BCUT2D eigenvalue weighted by Gasteiger charge is -2.19. The van der Waals surface area contributed by atoms with Gasteiger partial charge in [0.2, 0.25) is 0 Å². The maximum atomic E-state index is 6.29. The van der Waals surface area contributed by atoms with Gasteiger partial charge in [-0.2, -0.15) is 0 Å². The lowest BCUT2D eigenvalue weighted by molar-refractivity contribution is 0.618. The molecule has 0 aliphatic rings. The third-order valence-electron chi connectivity index (χ3n) is 2.24. The van der Waals surface area contributed by atoms with E-state index in [0.29, 0.717) is 5.92 Å². The second-order valence-electron chi connectivity index (χ2n) is 3.68. The minimum absolute atomic E-state index is 0.698. The minimum atomic E-state index is -1.86. The van der Waals surface area contributed by atoms with E-state index in [1.165, 1.54) is 19.3 Å². The average molecular weight is 227 g/mol. The number of hydrogen-bond acceptors (Lipinski definition) is 0. The lowest BCUT2D eigenvalue weighted by Crippen LogP contribution is -2.21. The highest BCUT2D eigenvalue weighted by molar-refractivity contribution is 7.45. The van der Waals surface area contributed by atoms with Crippen molar-refractivity contribution in [1.29, 1.82) is 0 Å². The van der Waals surface area contributed by atoms with E-state index in [9.17, 15) is 0 Å². The summed E-state index contributed by atoms with van der Waals surface area (Å²) >= 11 is 12.6. The van der Waals surface area contributed by atoms with Crippen LogP contribution in [-0.2, 0) is 0 Å². The van der Waals surface area contributed by atoms with Crippen LogP contribution in [-0.4, -0.2) is 6.69 Å². The molecule has 0 saturated carbocycles. The molecule has 0 unspecified atom stereocenters. The second kappa shape index (κ2) is 6.28. The Balaban J connectivity index is 3.69. The molecule has 0 aromatic heterocycles. The van der Waals surface area contributed by atoms with Crippen LogP contribution in [0.5, 0.6) is 0 Å². The zero-order chi connectivity index (χ0) is 9.61. The minimum Gasteiger partial charge on any atom is -0.146 e. The van der Waals surface area contributed by atoms with Gasteiger partial charge in [-0.1, -0.05) is 40.0 Å². The topological polar surface area (TPSA) is 0 Å². The third kappa shape index (κ3) is 6.33. The van der Waals surface area contributed by atoms with Gasteiger partial charge < -0.3 is 0 Å². The Bertz CT molecular complexity index is 115. The number of unbranched alkanes of at least 4 members (excludes halogenated alkanes) is 1. The Kier molecular flexibility index (Phi) is 6.70. The van der Waals surface area contributed by atoms with Gasteiger partial charge in [0.25, 0.3) is 6.69 Å². The van der Waals surface area contributed by atoms with Gasteiger partial charge in [0.15, 0.2) is 0 Å². The molecule has 0 saturated heterocycles. The Hall–Kier alpha value is 0.797. The van der Waals surface area contributed by atoms with Crippen LogP contribution in [0, 0.1) is 5.92 Å². The average Bonchev–Trinajstić information content (AvgIpc) is 2.00. The van der Waals surface area contributed by atoms with E-state index in [1.54, 1.807) is 0 Å². The summed E-state index contributed by atoms with van der Waals surface area (Å²) in [7, 11) is 0. The molecule has 0 bridgehead atoms. The summed E-state index contributed by atoms with van der Waals surface area (Å²) < 4.78 is 0. The largest absolute Gasteiger partial charge is 0.251 e. The molecule has 0 nitrogen and oxygen atoms in total. The zero-order valence-electron chi connectivity index (χ0n) is 8.37. The SMILES string of the molecule is CCCC[Si](Cl)(Cl)C[C@@H](C)CC. The molecule has 0 aliphatic heterocycles. The van der Waals surface area contributed by atoms with Gasteiger partial charge in [-0.3, -0.25) is 0 Å². The normalized spacial score (nSPS) is 14.8. The fraction of sp³-hybridized carbons (Fsp3) is 1.00. The van der Waals surface area contributed by atoms with E-state index in [-0.39, 0.29) is 0 Å². The van der Waals surface area contributed by atoms with E-state index in [2.05, 4.69) is 20.8 Å². The van der Waals surface area contributed by atoms with Crippen LogP contribution in [0.25, 0.3) is 0 Å². The molecular weight excluding hydrogens is 207 g/mol. The Morgan fingerprint density at radius 2 is 1.83 bits per heavy atom. The standard InChI is InChI=1S/C9H20Cl2Si/c1-4-6-7-12(10,11)8-9(3)5-2/h9H,4-8H2,1-3H3/t9-/m0/s1. The summed E-state index contributed by atoms with van der Waals surface area (Å²) in [5.41, 5.74) is 0. The predicted octanol–water partition coefficient (Wildman–Crippen LogP) is 4.75. The van der Waals surface area contributed by atoms with Crippen molar-refractivity contribution in [2.24, 2.45) is 5.92 Å². The fourth-order valence-corrected chi connectivity index (χ4v) is 5.96. The van der Waals surface area contributed by atoms with E-state index < -0.39 is 6.69 Å². The second-order valence-corrected chi connectivity index (χ2v) is 11.2. The maximum absolute atomic E-state index is 6.29. The fourth-order valence-electron chi connectivity index (χ4n) is 1.19. The molecule has 0 rings (SSSR count). The Morgan fingerprint density at radius 3 is 2.25 bits per heavy atom. The molecule has 0 aliphatic carbocycles. The zero-order valence-corrected chi connectivity index (χ0v) is 10.9. The monoisotopic (exact) mass is 226 g/mol. The molecule has 1 atom stereocenters. The summed E-state index contributed by atoms with van der Waals surface area (Å²) in [5, 5.41) is 0. The molecule has 0 amide bonds. The van der Waals surface area contributed by atoms with Crippen LogP contribution < -0.4 is 0 Å². The first-order chi connectivity index (χ1) is 5.52. The van der Waals surface area contributed by atoms with Crippen molar-refractivity contribution in [3.8, 4) is 0 Å². The maximum Gasteiger partial charge on any atom is 0.251 e. The van der Waals surface area contributed by atoms with Crippen molar-refractivity contribution >= 4 is 28.9 Å². The van der Waals surface area contributed by atoms with Crippen molar-refractivity contribution < 1.29 is 0 Å². The Labute approximate surface area is 87.1 Å². The van der Waals surface area contributed by atoms with E-state index in [4.69, 9.17) is 22.2 Å². The lowest BCUT2D eigenvalue weighted by atomic mass is 10.2. The first kappa shape index (κ1) is 12.8. The number of hydrogen-bond donors (Lipinski definition) is 0. The highest BCUT2D eigenvalue weighted by Crippen LogP contribution is 2.31. The van der Waals surface area contributed by atoms with Crippen LogP contribution in [0.1, 0.15) is 40.0 Å². The van der Waals surface area contributed by atoms with E-state index >= 15 is 0 Å². The molecule has 12 heavy (non-hydrogen) atoms. The third-order valence-corrected chi connectivity index (χ3v) is 6.68. The van der Waals surface area contributed by atoms with Crippen LogP contribution in [0.15, 0.2) is 0 Å². The van der Waals surface area contributed by atoms with Gasteiger partial charge in [-0.15, -0.1) is 22.2 Å². The van der Waals surface area contributed by atoms with Crippen LogP contribution >= 0.6 is 22.2 Å². The molecule has 3 heteroatoms. The summed E-state index contributed by atoms with van der Waals surface area (Å²) in [6.07, 6.45) is 3.59. The smallest absolute Gasteiger partial charge is 0.146 e. The van der Waals surface area contributed by atoms with E-state index in [0.717, 1.165) is 12.1 Å². The highest BCUT2D eigenvalue weighted by atomic mass is 35.7. The van der Waals surface area contributed by atoms with Gasteiger partial charge >= 0.3 is 0 Å². The predicted molar refractivity (Wildman–Crippen MR) is 61.4 cm³/mol. The van der Waals surface area contributed by atoms with Crippen LogP contribution in [0.4, 0.5) is 0 Å². The van der Waals surface area contributed by atoms with E-state index in [1.807, 2.05) is 0 Å². The van der Waals surface area contributed by atoms with Gasteiger partial charge in [-0.25, -0.2) is 0 Å². The molecule has 0 fully saturated rings. The molecule has 0 radical (unpaired) electrons. The van der Waals surface area contributed by atoms with Crippen molar-refractivity contribution in [3.05, 3.63) is 0 Å². The quantitative estimate of drug-likeness (QED) is 0.453.